The zero-order valence-electron chi connectivity index (χ0n) is 9.87. The third-order valence-corrected chi connectivity index (χ3v) is 2.64. The van der Waals surface area contributed by atoms with Gasteiger partial charge in [0, 0.05) is 0 Å². The standard InChI is InChI=1S/C14H19O2/c1-2-3-4-5-6-13-7-9-14(10-8-13)11-16-12-15/h7-10H,2-6,11H2,1H3. The first kappa shape index (κ1) is 12.8. The van der Waals surface area contributed by atoms with E-state index < -0.39 is 0 Å². The molecule has 0 saturated carbocycles. The lowest BCUT2D eigenvalue weighted by Crippen LogP contribution is -1.91. The van der Waals surface area contributed by atoms with Gasteiger partial charge in [-0.1, -0.05) is 50.5 Å². The molecule has 0 fully saturated rings. The fraction of sp³-hybridized carbons (Fsp3) is 0.500. The average Bonchev–Trinajstić information content (AvgIpc) is 2.33. The maximum atomic E-state index is 9.90. The van der Waals surface area contributed by atoms with Gasteiger partial charge in [0.05, 0.1) is 0 Å². The summed E-state index contributed by atoms with van der Waals surface area (Å²) in [6, 6.07) is 8.23. The normalized spacial score (nSPS) is 10.1. The van der Waals surface area contributed by atoms with Crippen molar-refractivity contribution in [2.75, 3.05) is 0 Å². The molecule has 1 radical (unpaired) electrons. The van der Waals surface area contributed by atoms with Crippen LogP contribution in [0.15, 0.2) is 24.3 Å². The van der Waals surface area contributed by atoms with Crippen molar-refractivity contribution in [2.45, 2.75) is 45.6 Å². The van der Waals surface area contributed by atoms with Gasteiger partial charge in [0.25, 0.3) is 0 Å². The van der Waals surface area contributed by atoms with E-state index in [9.17, 15) is 4.79 Å². The van der Waals surface area contributed by atoms with Crippen molar-refractivity contribution in [1.29, 1.82) is 0 Å². The molecule has 1 aromatic rings. The highest BCUT2D eigenvalue weighted by molar-refractivity contribution is 5.38. The summed E-state index contributed by atoms with van der Waals surface area (Å²) in [6.07, 6.45) is 6.30. The van der Waals surface area contributed by atoms with E-state index in [-0.39, 0.29) is 0 Å². The number of aryl methyl sites for hydroxylation is 1. The predicted octanol–water partition coefficient (Wildman–Crippen LogP) is 3.39. The summed E-state index contributed by atoms with van der Waals surface area (Å²) >= 11 is 0. The first-order chi connectivity index (χ1) is 7.86. The Balaban J connectivity index is 2.30. The second-order valence-electron chi connectivity index (χ2n) is 4.00. The van der Waals surface area contributed by atoms with Crippen LogP contribution in [-0.4, -0.2) is 6.47 Å². The van der Waals surface area contributed by atoms with Gasteiger partial charge in [-0.25, -0.2) is 4.79 Å². The highest BCUT2D eigenvalue weighted by Gasteiger charge is 1.96. The number of hydrogen-bond donors (Lipinski definition) is 0. The molecule has 1 rings (SSSR count). The van der Waals surface area contributed by atoms with Crippen molar-refractivity contribution in [3.8, 4) is 0 Å². The minimum Gasteiger partial charge on any atom is -0.452 e. The lowest BCUT2D eigenvalue weighted by Gasteiger charge is -2.03. The first-order valence-corrected chi connectivity index (χ1v) is 5.93. The Morgan fingerprint density at radius 1 is 1.06 bits per heavy atom. The summed E-state index contributed by atoms with van der Waals surface area (Å²) in [5.74, 6) is 0. The Hall–Kier alpha value is -1.31. The first-order valence-electron chi connectivity index (χ1n) is 5.93. The van der Waals surface area contributed by atoms with E-state index in [1.165, 1.54) is 37.7 Å². The Kier molecular flexibility index (Phi) is 6.31. The molecule has 0 atom stereocenters. The van der Waals surface area contributed by atoms with Gasteiger partial charge in [0.2, 0.25) is 0 Å². The van der Waals surface area contributed by atoms with Crippen LogP contribution >= 0.6 is 0 Å². The fourth-order valence-corrected chi connectivity index (χ4v) is 1.67. The molecule has 2 heteroatoms. The number of benzene rings is 1. The Labute approximate surface area is 97.6 Å². The molecule has 2 nitrogen and oxygen atoms in total. The number of hydrogen-bond acceptors (Lipinski definition) is 2. The van der Waals surface area contributed by atoms with Crippen LogP contribution in [0.5, 0.6) is 0 Å². The van der Waals surface area contributed by atoms with Crippen molar-refractivity contribution in [2.24, 2.45) is 0 Å². The Morgan fingerprint density at radius 3 is 2.38 bits per heavy atom. The Morgan fingerprint density at radius 2 is 1.75 bits per heavy atom. The monoisotopic (exact) mass is 219 g/mol. The summed E-state index contributed by atoms with van der Waals surface area (Å²) < 4.78 is 4.57. The van der Waals surface area contributed by atoms with Gasteiger partial charge >= 0.3 is 6.47 Å². The van der Waals surface area contributed by atoms with Crippen molar-refractivity contribution in [3.05, 3.63) is 35.4 Å². The van der Waals surface area contributed by atoms with Crippen LogP contribution in [-0.2, 0) is 22.6 Å². The van der Waals surface area contributed by atoms with Crippen molar-refractivity contribution in [1.82, 2.24) is 0 Å². The second kappa shape index (κ2) is 7.91. The minimum atomic E-state index is 0.319. The molecule has 87 valence electrons. The zero-order valence-corrected chi connectivity index (χ0v) is 9.87. The third-order valence-electron chi connectivity index (χ3n) is 2.64. The van der Waals surface area contributed by atoms with Crippen molar-refractivity contribution >= 4 is 6.47 Å². The van der Waals surface area contributed by atoms with Crippen LogP contribution in [0.25, 0.3) is 0 Å². The number of carbonyl (C=O) groups excluding carboxylic acids is 1. The van der Waals surface area contributed by atoms with Gasteiger partial charge < -0.3 is 4.74 Å². The molecule has 0 aliphatic rings. The summed E-state index contributed by atoms with van der Waals surface area (Å²) in [6.45, 7) is 3.97. The van der Waals surface area contributed by atoms with E-state index in [0.29, 0.717) is 6.61 Å². The summed E-state index contributed by atoms with van der Waals surface area (Å²) in [5.41, 5.74) is 2.37. The topological polar surface area (TPSA) is 26.3 Å². The van der Waals surface area contributed by atoms with Gasteiger partial charge in [0.15, 0.2) is 0 Å². The largest absolute Gasteiger partial charge is 0.452 e. The van der Waals surface area contributed by atoms with E-state index in [4.69, 9.17) is 0 Å². The van der Waals surface area contributed by atoms with E-state index in [0.717, 1.165) is 12.0 Å². The molecule has 0 N–H and O–H groups in total. The van der Waals surface area contributed by atoms with Crippen molar-refractivity contribution < 1.29 is 9.53 Å². The number of ether oxygens (including phenoxy) is 1. The van der Waals surface area contributed by atoms with Gasteiger partial charge in [0.1, 0.15) is 6.61 Å². The minimum absolute atomic E-state index is 0.319. The average molecular weight is 219 g/mol. The summed E-state index contributed by atoms with van der Waals surface area (Å²) in [5, 5.41) is 0. The second-order valence-corrected chi connectivity index (χ2v) is 4.00. The van der Waals surface area contributed by atoms with E-state index in [1.807, 2.05) is 12.1 Å². The molecule has 16 heavy (non-hydrogen) atoms. The molecule has 0 aliphatic heterocycles. The highest BCUT2D eigenvalue weighted by Crippen LogP contribution is 2.10. The molecular formula is C14H19O2. The van der Waals surface area contributed by atoms with Crippen LogP contribution in [0.3, 0.4) is 0 Å². The summed E-state index contributed by atoms with van der Waals surface area (Å²) in [4.78, 5) is 9.90. The molecule has 0 bridgehead atoms. The lowest BCUT2D eigenvalue weighted by atomic mass is 10.0. The van der Waals surface area contributed by atoms with Gasteiger partial charge in [-0.2, -0.15) is 0 Å². The van der Waals surface area contributed by atoms with E-state index >= 15 is 0 Å². The lowest BCUT2D eigenvalue weighted by molar-refractivity contribution is 0.267. The molecule has 0 aromatic heterocycles. The number of unbranched alkanes of at least 4 members (excludes halogenated alkanes) is 3. The summed E-state index contributed by atoms with van der Waals surface area (Å²) in [7, 11) is 0. The zero-order chi connectivity index (χ0) is 11.6. The number of rotatable bonds is 8. The van der Waals surface area contributed by atoms with Crippen LogP contribution in [0.2, 0.25) is 0 Å². The third kappa shape index (κ3) is 4.96. The Bertz CT molecular complexity index is 290. The molecule has 0 saturated heterocycles. The maximum absolute atomic E-state index is 9.90. The molecule has 0 aliphatic carbocycles. The fourth-order valence-electron chi connectivity index (χ4n) is 1.67. The smallest absolute Gasteiger partial charge is 0.417 e. The molecular weight excluding hydrogens is 200 g/mol. The van der Waals surface area contributed by atoms with Crippen molar-refractivity contribution in [3.63, 3.8) is 0 Å². The van der Waals surface area contributed by atoms with E-state index in [1.54, 1.807) is 0 Å². The van der Waals surface area contributed by atoms with Crippen LogP contribution in [0.1, 0.15) is 43.7 Å². The maximum Gasteiger partial charge on any atom is 0.417 e. The van der Waals surface area contributed by atoms with E-state index in [2.05, 4.69) is 23.8 Å². The molecule has 0 amide bonds. The quantitative estimate of drug-likeness (QED) is 0.626. The molecule has 0 unspecified atom stereocenters. The van der Waals surface area contributed by atoms with Crippen LogP contribution in [0.4, 0.5) is 0 Å². The molecule has 0 heterocycles. The van der Waals surface area contributed by atoms with Crippen LogP contribution in [0, 0.1) is 0 Å². The SMILES string of the molecule is CCCCCCc1ccc(CO[C]=O)cc1. The van der Waals surface area contributed by atoms with Gasteiger partial charge in [-0.3, -0.25) is 0 Å². The predicted molar refractivity (Wildman–Crippen MR) is 64.8 cm³/mol. The molecule has 1 aromatic carbocycles. The van der Waals surface area contributed by atoms with Gasteiger partial charge in [-0.15, -0.1) is 0 Å². The highest BCUT2D eigenvalue weighted by atomic mass is 16.5. The van der Waals surface area contributed by atoms with Crippen LogP contribution < -0.4 is 0 Å². The van der Waals surface area contributed by atoms with Gasteiger partial charge in [-0.05, 0) is 24.0 Å². The molecule has 0 spiro atoms.